The highest BCUT2D eigenvalue weighted by atomic mass is 19.4. The van der Waals surface area contributed by atoms with Crippen LogP contribution in [-0.4, -0.2) is 42.3 Å². The van der Waals surface area contributed by atoms with E-state index >= 15 is 0 Å². The first kappa shape index (κ1) is 32.3. The second-order valence-corrected chi connectivity index (χ2v) is 10.8. The molecule has 0 saturated heterocycles. The molecule has 0 aliphatic heterocycles. The van der Waals surface area contributed by atoms with E-state index in [1.807, 2.05) is 0 Å². The molecule has 0 aliphatic rings. The van der Waals surface area contributed by atoms with Gasteiger partial charge in [0.1, 0.15) is 34.5 Å². The molecule has 2 rings (SSSR count). The Kier molecular flexibility index (Phi) is 10.4. The summed E-state index contributed by atoms with van der Waals surface area (Å²) in [6.45, 7) is 10.1. The molecule has 40 heavy (non-hydrogen) atoms. The smallest absolute Gasteiger partial charge is 0.416 e. The molecule has 1 atom stereocenters. The van der Waals surface area contributed by atoms with Crippen LogP contribution < -0.4 is 20.1 Å². The van der Waals surface area contributed by atoms with Crippen LogP contribution in [0.2, 0.25) is 0 Å². The Morgan fingerprint density at radius 3 is 1.95 bits per heavy atom. The molecule has 2 aromatic rings. The number of halogens is 3. The molecule has 0 spiro atoms. The van der Waals surface area contributed by atoms with Crippen molar-refractivity contribution >= 4 is 23.7 Å². The summed E-state index contributed by atoms with van der Waals surface area (Å²) in [5, 5.41) is 5.12. The monoisotopic (exact) mass is 568 g/mol. The van der Waals surface area contributed by atoms with E-state index in [0.29, 0.717) is 0 Å². The molecule has 0 aromatic heterocycles. The number of methoxy groups -OCH3 is 1. The quantitative estimate of drug-likeness (QED) is 0.334. The topological polar surface area (TPSA) is 112 Å². The molecular weight excluding hydrogens is 533 g/mol. The first-order valence-electron chi connectivity index (χ1n) is 12.4. The van der Waals surface area contributed by atoms with Crippen LogP contribution in [0.5, 0.6) is 17.2 Å². The summed E-state index contributed by atoms with van der Waals surface area (Å²) in [5.74, 6) is -0.657. The van der Waals surface area contributed by atoms with Gasteiger partial charge in [-0.1, -0.05) is 0 Å². The molecule has 2 N–H and O–H groups in total. The largest absolute Gasteiger partial charge is 0.495 e. The van der Waals surface area contributed by atoms with Gasteiger partial charge in [0, 0.05) is 12.5 Å². The summed E-state index contributed by atoms with van der Waals surface area (Å²) >= 11 is 0. The number of ether oxygens (including phenoxy) is 4. The van der Waals surface area contributed by atoms with E-state index in [0.717, 1.165) is 12.1 Å². The SMILES string of the molecule is COc1ccc(Oc2ccc(C(F)(F)F)cc2)cc1NC(=O)C(CCC(=O)OC(C)(C)C)NC(=O)OC(C)(C)C. The number of alkyl carbamates (subject to hydrolysis) is 1. The van der Waals surface area contributed by atoms with Crippen molar-refractivity contribution in [1.82, 2.24) is 5.32 Å². The Balaban J connectivity index is 2.23. The molecule has 220 valence electrons. The van der Waals surface area contributed by atoms with Crippen molar-refractivity contribution in [2.45, 2.75) is 77.8 Å². The van der Waals surface area contributed by atoms with Crippen LogP contribution in [0.3, 0.4) is 0 Å². The van der Waals surface area contributed by atoms with Crippen LogP contribution >= 0.6 is 0 Å². The molecule has 0 saturated carbocycles. The number of hydrogen-bond donors (Lipinski definition) is 2. The Hall–Kier alpha value is -3.96. The predicted molar refractivity (Wildman–Crippen MR) is 141 cm³/mol. The summed E-state index contributed by atoms with van der Waals surface area (Å²) in [4.78, 5) is 37.9. The van der Waals surface area contributed by atoms with Gasteiger partial charge in [-0.05, 0) is 84.4 Å². The minimum atomic E-state index is -4.48. The van der Waals surface area contributed by atoms with Gasteiger partial charge in [-0.2, -0.15) is 13.2 Å². The third kappa shape index (κ3) is 11.0. The maximum Gasteiger partial charge on any atom is 0.416 e. The first-order chi connectivity index (χ1) is 18.4. The van der Waals surface area contributed by atoms with E-state index in [4.69, 9.17) is 18.9 Å². The second-order valence-electron chi connectivity index (χ2n) is 10.8. The van der Waals surface area contributed by atoms with Gasteiger partial charge < -0.3 is 29.6 Å². The third-order valence-corrected chi connectivity index (χ3v) is 4.91. The number of rotatable bonds is 9. The van der Waals surface area contributed by atoms with Gasteiger partial charge in [-0.15, -0.1) is 0 Å². The molecule has 0 heterocycles. The van der Waals surface area contributed by atoms with Crippen molar-refractivity contribution in [1.29, 1.82) is 0 Å². The lowest BCUT2D eigenvalue weighted by Crippen LogP contribution is -2.46. The Morgan fingerprint density at radius 1 is 0.850 bits per heavy atom. The lowest BCUT2D eigenvalue weighted by molar-refractivity contribution is -0.155. The van der Waals surface area contributed by atoms with Crippen molar-refractivity contribution < 1.29 is 46.5 Å². The summed E-state index contributed by atoms with van der Waals surface area (Å²) in [5.41, 5.74) is -2.22. The highest BCUT2D eigenvalue weighted by Crippen LogP contribution is 2.34. The van der Waals surface area contributed by atoms with Gasteiger partial charge in [-0.25, -0.2) is 4.79 Å². The van der Waals surface area contributed by atoms with Crippen molar-refractivity contribution in [2.75, 3.05) is 12.4 Å². The van der Waals surface area contributed by atoms with Crippen LogP contribution in [0.15, 0.2) is 42.5 Å². The van der Waals surface area contributed by atoms with Crippen molar-refractivity contribution in [3.63, 3.8) is 0 Å². The van der Waals surface area contributed by atoms with Crippen LogP contribution in [0.1, 0.15) is 59.9 Å². The Bertz CT molecular complexity index is 1180. The molecule has 12 heteroatoms. The van der Waals surface area contributed by atoms with Gasteiger partial charge >= 0.3 is 18.2 Å². The van der Waals surface area contributed by atoms with Crippen molar-refractivity contribution in [3.05, 3.63) is 48.0 Å². The Labute approximate surface area is 231 Å². The van der Waals surface area contributed by atoms with Crippen LogP contribution in [-0.2, 0) is 25.2 Å². The van der Waals surface area contributed by atoms with Gasteiger partial charge in [0.05, 0.1) is 18.4 Å². The fourth-order valence-corrected chi connectivity index (χ4v) is 3.29. The van der Waals surface area contributed by atoms with Gasteiger partial charge in [-0.3, -0.25) is 9.59 Å². The summed E-state index contributed by atoms with van der Waals surface area (Å²) < 4.78 is 60.0. The Morgan fingerprint density at radius 2 is 1.43 bits per heavy atom. The zero-order valence-electron chi connectivity index (χ0n) is 23.5. The molecule has 0 bridgehead atoms. The third-order valence-electron chi connectivity index (χ3n) is 4.91. The highest BCUT2D eigenvalue weighted by molar-refractivity contribution is 5.98. The number of carbonyl (C=O) groups excluding carboxylic acids is 3. The number of hydrogen-bond acceptors (Lipinski definition) is 7. The van der Waals surface area contributed by atoms with E-state index in [1.165, 1.54) is 37.4 Å². The normalized spacial score (nSPS) is 12.7. The number of alkyl halides is 3. The first-order valence-corrected chi connectivity index (χ1v) is 12.4. The number of benzene rings is 2. The summed E-state index contributed by atoms with van der Waals surface area (Å²) in [6.07, 6.45) is -5.60. The zero-order chi connectivity index (χ0) is 30.3. The molecular formula is C28H35F3N2O7. The van der Waals surface area contributed by atoms with Crippen molar-refractivity contribution in [3.8, 4) is 17.2 Å². The van der Waals surface area contributed by atoms with Crippen molar-refractivity contribution in [2.24, 2.45) is 0 Å². The molecule has 0 aliphatic carbocycles. The molecule has 1 unspecified atom stereocenters. The number of esters is 1. The molecule has 0 radical (unpaired) electrons. The second kappa shape index (κ2) is 12.9. The van der Waals surface area contributed by atoms with E-state index in [2.05, 4.69) is 10.6 Å². The number of nitrogens with one attached hydrogen (secondary N) is 2. The fraction of sp³-hybridized carbons (Fsp3) is 0.464. The maximum atomic E-state index is 13.2. The summed E-state index contributed by atoms with van der Waals surface area (Å²) in [7, 11) is 1.38. The summed E-state index contributed by atoms with van der Waals surface area (Å²) in [6, 6.07) is 7.33. The van der Waals surface area contributed by atoms with Gasteiger partial charge in [0.25, 0.3) is 0 Å². The zero-order valence-corrected chi connectivity index (χ0v) is 23.5. The van der Waals surface area contributed by atoms with Gasteiger partial charge in [0.15, 0.2) is 0 Å². The average Bonchev–Trinajstić information content (AvgIpc) is 2.79. The molecule has 9 nitrogen and oxygen atoms in total. The number of amides is 2. The minimum Gasteiger partial charge on any atom is -0.495 e. The van der Waals surface area contributed by atoms with E-state index in [-0.39, 0.29) is 35.8 Å². The van der Waals surface area contributed by atoms with E-state index in [9.17, 15) is 27.6 Å². The fourth-order valence-electron chi connectivity index (χ4n) is 3.29. The maximum absolute atomic E-state index is 13.2. The average molecular weight is 569 g/mol. The standard InChI is InChI=1S/C28H35F3N2O7/c1-26(2,3)39-23(34)15-13-20(33-25(36)40-27(4,5)6)24(35)32-21-16-19(12-14-22(21)37-7)38-18-10-8-17(9-11-18)28(29,30)31/h8-12,14,16,20H,13,15H2,1-7H3,(H,32,35)(H,33,36). The lowest BCUT2D eigenvalue weighted by Gasteiger charge is -2.24. The highest BCUT2D eigenvalue weighted by Gasteiger charge is 2.30. The lowest BCUT2D eigenvalue weighted by atomic mass is 10.1. The molecule has 2 amide bonds. The van der Waals surface area contributed by atoms with E-state index < -0.39 is 47.0 Å². The van der Waals surface area contributed by atoms with Gasteiger partial charge in [0.2, 0.25) is 5.91 Å². The number of anilines is 1. The van der Waals surface area contributed by atoms with Crippen LogP contribution in [0, 0.1) is 0 Å². The van der Waals surface area contributed by atoms with E-state index in [1.54, 1.807) is 41.5 Å². The molecule has 0 fully saturated rings. The van der Waals surface area contributed by atoms with Crippen LogP contribution in [0.25, 0.3) is 0 Å². The number of carbonyl (C=O) groups is 3. The minimum absolute atomic E-state index is 0.0932. The predicted octanol–water partition coefficient (Wildman–Crippen LogP) is 6.46. The molecule has 2 aromatic carbocycles. The van der Waals surface area contributed by atoms with Crippen LogP contribution in [0.4, 0.5) is 23.7 Å².